The molecule has 3 aromatic rings. The highest BCUT2D eigenvalue weighted by Crippen LogP contribution is 2.30. The number of rotatable bonds is 4. The van der Waals surface area contributed by atoms with E-state index in [0.717, 1.165) is 15.8 Å². The fraction of sp³-hybridized carbons (Fsp3) is 0.222. The number of carbonyl (C=O) groups is 1. The molecule has 0 aliphatic rings. The van der Waals surface area contributed by atoms with E-state index >= 15 is 0 Å². The average molecular weight is 345 g/mol. The van der Waals surface area contributed by atoms with Crippen molar-refractivity contribution in [1.82, 2.24) is 4.98 Å². The van der Waals surface area contributed by atoms with Gasteiger partial charge in [-0.1, -0.05) is 61.1 Å². The van der Waals surface area contributed by atoms with Gasteiger partial charge < -0.3 is 5.32 Å². The topological polar surface area (TPSA) is 42.0 Å². The van der Waals surface area contributed by atoms with Gasteiger partial charge in [0.25, 0.3) is 0 Å². The molecule has 0 unspecified atom stereocenters. The van der Waals surface area contributed by atoms with E-state index in [1.165, 1.54) is 11.3 Å². The Bertz CT molecular complexity index is 793. The van der Waals surface area contributed by atoms with Gasteiger partial charge in [-0.3, -0.25) is 4.79 Å². The smallest absolute Gasteiger partial charge is 0.233 e. The molecule has 0 radical (unpaired) electrons. The molecule has 5 heteroatoms. The molecule has 0 saturated carbocycles. The normalized spacial score (nSPS) is 12.5. The lowest BCUT2D eigenvalue weighted by Crippen LogP contribution is -2.25. The number of hydrogen-bond donors (Lipinski definition) is 1. The lowest BCUT2D eigenvalue weighted by atomic mass is 9.88. The molecular weight excluding hydrogens is 328 g/mol. The summed E-state index contributed by atoms with van der Waals surface area (Å²) in [5.41, 5.74) is 1.86. The first kappa shape index (κ1) is 16.0. The maximum atomic E-state index is 12.7. The zero-order chi connectivity index (χ0) is 16.4. The van der Waals surface area contributed by atoms with E-state index < -0.39 is 0 Å². The molecule has 0 bridgehead atoms. The Hall–Kier alpha value is -1.91. The number of hydrogen-bond acceptors (Lipinski definition) is 3. The Balaban J connectivity index is 1.85. The van der Waals surface area contributed by atoms with Crippen molar-refractivity contribution >= 4 is 44.2 Å². The van der Waals surface area contributed by atoms with Crippen LogP contribution in [0.25, 0.3) is 10.2 Å². The van der Waals surface area contributed by atoms with Crippen LogP contribution in [-0.4, -0.2) is 10.9 Å². The van der Waals surface area contributed by atoms with E-state index in [9.17, 15) is 4.79 Å². The van der Waals surface area contributed by atoms with Crippen molar-refractivity contribution in [1.29, 1.82) is 0 Å². The SMILES string of the molecule is CC(C)[C@@H](C(=O)Nc1nc2ccccc2s1)c1ccc(Cl)cc1. The molecule has 1 aromatic heterocycles. The molecule has 1 N–H and O–H groups in total. The first-order valence-corrected chi connectivity index (χ1v) is 8.66. The van der Waals surface area contributed by atoms with Gasteiger partial charge in [0.15, 0.2) is 5.13 Å². The van der Waals surface area contributed by atoms with Gasteiger partial charge >= 0.3 is 0 Å². The Morgan fingerprint density at radius 3 is 2.48 bits per heavy atom. The van der Waals surface area contributed by atoms with Crippen LogP contribution in [-0.2, 0) is 4.79 Å². The monoisotopic (exact) mass is 344 g/mol. The van der Waals surface area contributed by atoms with E-state index in [2.05, 4.69) is 10.3 Å². The molecule has 3 rings (SSSR count). The van der Waals surface area contributed by atoms with Crippen molar-refractivity contribution < 1.29 is 4.79 Å². The average Bonchev–Trinajstić information content (AvgIpc) is 2.91. The summed E-state index contributed by atoms with van der Waals surface area (Å²) in [5, 5.41) is 4.27. The number of carbonyl (C=O) groups excluding carboxylic acids is 1. The summed E-state index contributed by atoms with van der Waals surface area (Å²) in [7, 11) is 0. The number of nitrogens with one attached hydrogen (secondary N) is 1. The highest BCUT2D eigenvalue weighted by Gasteiger charge is 2.25. The highest BCUT2D eigenvalue weighted by molar-refractivity contribution is 7.22. The number of para-hydroxylation sites is 1. The number of amides is 1. The molecule has 0 fully saturated rings. The number of nitrogens with zero attached hydrogens (tertiary/aromatic N) is 1. The standard InChI is InChI=1S/C18H17ClN2OS/c1-11(2)16(12-7-9-13(19)10-8-12)17(22)21-18-20-14-5-3-4-6-15(14)23-18/h3-11,16H,1-2H3,(H,20,21,22)/t16-/m1/s1. The number of benzene rings is 2. The molecule has 2 aromatic carbocycles. The van der Waals surface area contributed by atoms with E-state index in [0.29, 0.717) is 10.2 Å². The van der Waals surface area contributed by atoms with Gasteiger partial charge in [-0.15, -0.1) is 0 Å². The molecule has 1 atom stereocenters. The predicted molar refractivity (Wildman–Crippen MR) is 97.3 cm³/mol. The van der Waals surface area contributed by atoms with Gasteiger partial charge in [-0.05, 0) is 35.7 Å². The Kier molecular flexibility index (Phi) is 4.64. The Labute approximate surface area is 144 Å². The van der Waals surface area contributed by atoms with Crippen molar-refractivity contribution in [3.63, 3.8) is 0 Å². The van der Waals surface area contributed by atoms with Crippen molar-refractivity contribution in [2.75, 3.05) is 5.32 Å². The number of thiazole rings is 1. The first-order chi connectivity index (χ1) is 11.0. The minimum atomic E-state index is -0.237. The van der Waals surface area contributed by atoms with Gasteiger partial charge in [-0.2, -0.15) is 0 Å². The summed E-state index contributed by atoms with van der Waals surface area (Å²) in [4.78, 5) is 17.2. The van der Waals surface area contributed by atoms with Crippen LogP contribution < -0.4 is 5.32 Å². The van der Waals surface area contributed by atoms with Crippen LogP contribution in [0.2, 0.25) is 5.02 Å². The van der Waals surface area contributed by atoms with E-state index in [4.69, 9.17) is 11.6 Å². The zero-order valence-corrected chi connectivity index (χ0v) is 14.5. The van der Waals surface area contributed by atoms with Crippen molar-refractivity contribution in [2.24, 2.45) is 5.92 Å². The van der Waals surface area contributed by atoms with Crippen molar-refractivity contribution in [3.8, 4) is 0 Å². The Morgan fingerprint density at radius 1 is 1.13 bits per heavy atom. The fourth-order valence-corrected chi connectivity index (χ4v) is 3.61. The van der Waals surface area contributed by atoms with Gasteiger partial charge in [0.1, 0.15) is 0 Å². The third-order valence-corrected chi connectivity index (χ3v) is 4.91. The molecule has 23 heavy (non-hydrogen) atoms. The van der Waals surface area contributed by atoms with Gasteiger partial charge in [0.05, 0.1) is 16.1 Å². The van der Waals surface area contributed by atoms with Crippen LogP contribution in [0.15, 0.2) is 48.5 Å². The number of fused-ring (bicyclic) bond motifs is 1. The third kappa shape index (κ3) is 3.54. The first-order valence-electron chi connectivity index (χ1n) is 7.46. The summed E-state index contributed by atoms with van der Waals surface area (Å²) in [6.45, 7) is 4.08. The fourth-order valence-electron chi connectivity index (χ4n) is 2.62. The second-order valence-corrected chi connectivity index (χ2v) is 7.22. The lowest BCUT2D eigenvalue weighted by molar-refractivity contribution is -0.118. The van der Waals surface area contributed by atoms with Crippen LogP contribution >= 0.6 is 22.9 Å². The van der Waals surface area contributed by atoms with Gasteiger partial charge in [0.2, 0.25) is 5.91 Å². The maximum Gasteiger partial charge on any atom is 0.233 e. The second-order valence-electron chi connectivity index (χ2n) is 5.75. The number of halogens is 1. The molecule has 0 aliphatic heterocycles. The highest BCUT2D eigenvalue weighted by atomic mass is 35.5. The largest absolute Gasteiger partial charge is 0.301 e. The molecule has 118 valence electrons. The molecule has 1 heterocycles. The summed E-state index contributed by atoms with van der Waals surface area (Å²) in [6.07, 6.45) is 0. The quantitative estimate of drug-likeness (QED) is 0.695. The summed E-state index contributed by atoms with van der Waals surface area (Å²) >= 11 is 7.43. The summed E-state index contributed by atoms with van der Waals surface area (Å²) in [6, 6.07) is 15.3. The third-order valence-electron chi connectivity index (χ3n) is 3.70. The molecule has 0 spiro atoms. The van der Waals surface area contributed by atoms with Crippen molar-refractivity contribution in [3.05, 3.63) is 59.1 Å². The Morgan fingerprint density at radius 2 is 1.83 bits per heavy atom. The minimum Gasteiger partial charge on any atom is -0.301 e. The van der Waals surface area contributed by atoms with E-state index in [1.807, 2.05) is 62.4 Å². The minimum absolute atomic E-state index is 0.0404. The summed E-state index contributed by atoms with van der Waals surface area (Å²) < 4.78 is 1.07. The predicted octanol–water partition coefficient (Wildman–Crippen LogP) is 5.33. The van der Waals surface area contributed by atoms with Crippen LogP contribution in [0.4, 0.5) is 5.13 Å². The summed E-state index contributed by atoms with van der Waals surface area (Å²) in [5.74, 6) is -0.105. The van der Waals surface area contributed by atoms with Crippen molar-refractivity contribution in [2.45, 2.75) is 19.8 Å². The van der Waals surface area contributed by atoms with Gasteiger partial charge in [0, 0.05) is 5.02 Å². The molecular formula is C18H17ClN2OS. The second kappa shape index (κ2) is 6.69. The van der Waals surface area contributed by atoms with E-state index in [-0.39, 0.29) is 17.7 Å². The van der Waals surface area contributed by atoms with Crippen LogP contribution in [0.5, 0.6) is 0 Å². The molecule has 1 amide bonds. The van der Waals surface area contributed by atoms with Crippen LogP contribution in [0.3, 0.4) is 0 Å². The zero-order valence-electron chi connectivity index (χ0n) is 12.9. The molecule has 3 nitrogen and oxygen atoms in total. The molecule has 0 saturated heterocycles. The van der Waals surface area contributed by atoms with Gasteiger partial charge in [-0.25, -0.2) is 4.98 Å². The van der Waals surface area contributed by atoms with Crippen LogP contribution in [0, 0.1) is 5.92 Å². The lowest BCUT2D eigenvalue weighted by Gasteiger charge is -2.20. The molecule has 0 aliphatic carbocycles. The number of aromatic nitrogens is 1. The number of anilines is 1. The van der Waals surface area contributed by atoms with E-state index in [1.54, 1.807) is 0 Å². The van der Waals surface area contributed by atoms with Crippen LogP contribution in [0.1, 0.15) is 25.3 Å². The maximum absolute atomic E-state index is 12.7.